The summed E-state index contributed by atoms with van der Waals surface area (Å²) in [6.07, 6.45) is 9.51. The Kier molecular flexibility index (Phi) is 6.27. The van der Waals surface area contributed by atoms with Gasteiger partial charge in [-0.1, -0.05) is 37.3 Å². The molecule has 1 N–H and O–H groups in total. The molecule has 106 valence electrons. The average molecular weight is 282 g/mol. The van der Waals surface area contributed by atoms with Crippen molar-refractivity contribution in [3.05, 3.63) is 18.0 Å². The lowest BCUT2D eigenvalue weighted by Crippen LogP contribution is -2.27. The maximum Gasteiger partial charge on any atom is 0.230 e. The second-order valence-electron chi connectivity index (χ2n) is 5.13. The van der Waals surface area contributed by atoms with Crippen molar-refractivity contribution in [2.24, 2.45) is 5.92 Å². The van der Waals surface area contributed by atoms with E-state index < -0.39 is 0 Å². The Morgan fingerprint density at radius 2 is 2.26 bits per heavy atom. The molecule has 5 heteroatoms. The molecule has 4 nitrogen and oxygen atoms in total. The molecule has 1 fully saturated rings. The minimum atomic E-state index is 0.129. The molecular weight excluding hydrogens is 260 g/mol. The van der Waals surface area contributed by atoms with Gasteiger partial charge in [0, 0.05) is 18.4 Å². The van der Waals surface area contributed by atoms with E-state index in [9.17, 15) is 4.79 Å². The lowest BCUT2D eigenvalue weighted by atomic mass is 9.87. The molecule has 0 unspecified atom stereocenters. The molecule has 0 aliphatic heterocycles. The molecule has 1 saturated carbocycles. The molecule has 1 amide bonds. The smallest absolute Gasteiger partial charge is 0.230 e. The Labute approximate surface area is 118 Å². The zero-order valence-corrected chi connectivity index (χ0v) is 12.1. The third-order valence-electron chi connectivity index (χ3n) is 3.57. The van der Waals surface area contributed by atoms with E-state index in [1.165, 1.54) is 32.1 Å². The van der Waals surface area contributed by atoms with E-state index in [1.807, 2.05) is 6.07 Å². The van der Waals surface area contributed by atoms with Crippen LogP contribution in [0.1, 0.15) is 44.2 Å². The molecule has 0 atom stereocenters. The summed E-state index contributed by atoms with van der Waals surface area (Å²) in [5.41, 5.74) is 0.889. The largest absolute Gasteiger partial charge is 0.364 e. The van der Waals surface area contributed by atoms with E-state index in [4.69, 9.17) is 4.52 Å². The second-order valence-corrected chi connectivity index (χ2v) is 6.11. The second kappa shape index (κ2) is 8.25. The number of nitrogens with one attached hydrogen (secondary N) is 1. The standard InChI is InChI=1S/C14H22N2O2S/c17-14(11-19-10-13-7-9-18-16-13)15-8-6-12-4-2-1-3-5-12/h7,9,12H,1-6,8,10-11H2,(H,15,17). The van der Waals surface area contributed by atoms with Gasteiger partial charge in [-0.2, -0.15) is 0 Å². The molecule has 0 radical (unpaired) electrons. The maximum absolute atomic E-state index is 11.6. The maximum atomic E-state index is 11.6. The number of nitrogens with zero attached hydrogens (tertiary/aromatic N) is 1. The van der Waals surface area contributed by atoms with Gasteiger partial charge in [0.1, 0.15) is 6.26 Å². The molecule has 19 heavy (non-hydrogen) atoms. The quantitative estimate of drug-likeness (QED) is 0.835. The molecule has 2 rings (SSSR count). The fraction of sp³-hybridized carbons (Fsp3) is 0.714. The first-order valence-electron chi connectivity index (χ1n) is 7.08. The van der Waals surface area contributed by atoms with Crippen LogP contribution in [-0.4, -0.2) is 23.4 Å². The highest BCUT2D eigenvalue weighted by Crippen LogP contribution is 2.25. The van der Waals surface area contributed by atoms with E-state index >= 15 is 0 Å². The minimum absolute atomic E-state index is 0.129. The number of hydrogen-bond donors (Lipinski definition) is 1. The summed E-state index contributed by atoms with van der Waals surface area (Å²) in [4.78, 5) is 11.6. The normalized spacial score (nSPS) is 16.4. The number of aromatic nitrogens is 1. The number of amides is 1. The van der Waals surface area contributed by atoms with Crippen LogP contribution in [-0.2, 0) is 10.5 Å². The van der Waals surface area contributed by atoms with Crippen LogP contribution in [0.3, 0.4) is 0 Å². The van der Waals surface area contributed by atoms with Crippen LogP contribution in [0, 0.1) is 5.92 Å². The fourth-order valence-corrected chi connectivity index (χ4v) is 3.25. The third kappa shape index (κ3) is 5.68. The van der Waals surface area contributed by atoms with Gasteiger partial charge in [-0.3, -0.25) is 4.79 Å². The summed E-state index contributed by atoms with van der Waals surface area (Å²) in [6, 6.07) is 1.83. The Morgan fingerprint density at radius 3 is 3.00 bits per heavy atom. The van der Waals surface area contributed by atoms with Gasteiger partial charge in [0.15, 0.2) is 0 Å². The van der Waals surface area contributed by atoms with Crippen LogP contribution >= 0.6 is 11.8 Å². The summed E-state index contributed by atoms with van der Waals surface area (Å²) < 4.78 is 4.74. The number of thioether (sulfide) groups is 1. The fourth-order valence-electron chi connectivity index (χ4n) is 2.50. The summed E-state index contributed by atoms with van der Waals surface area (Å²) in [5.74, 6) is 2.19. The van der Waals surface area contributed by atoms with Crippen molar-refractivity contribution in [1.29, 1.82) is 0 Å². The van der Waals surface area contributed by atoms with Crippen molar-refractivity contribution in [2.75, 3.05) is 12.3 Å². The van der Waals surface area contributed by atoms with Crippen LogP contribution < -0.4 is 5.32 Å². The van der Waals surface area contributed by atoms with Gasteiger partial charge in [0.2, 0.25) is 5.91 Å². The van der Waals surface area contributed by atoms with Gasteiger partial charge in [0.25, 0.3) is 0 Å². The topological polar surface area (TPSA) is 55.1 Å². The summed E-state index contributed by atoms with van der Waals surface area (Å²) in [6.45, 7) is 0.827. The molecule has 1 heterocycles. The van der Waals surface area contributed by atoms with Crippen LogP contribution in [0.15, 0.2) is 16.9 Å². The monoisotopic (exact) mass is 282 g/mol. The molecule has 0 bridgehead atoms. The number of carbonyl (C=O) groups excluding carboxylic acids is 1. The van der Waals surface area contributed by atoms with E-state index in [0.717, 1.165) is 30.3 Å². The average Bonchev–Trinajstić information content (AvgIpc) is 2.93. The van der Waals surface area contributed by atoms with Crippen molar-refractivity contribution < 1.29 is 9.32 Å². The van der Waals surface area contributed by atoms with Crippen molar-refractivity contribution in [1.82, 2.24) is 10.5 Å². The van der Waals surface area contributed by atoms with E-state index in [0.29, 0.717) is 5.75 Å². The molecular formula is C14H22N2O2S. The molecule has 0 aromatic carbocycles. The predicted molar refractivity (Wildman–Crippen MR) is 76.9 cm³/mol. The number of carbonyl (C=O) groups is 1. The molecule has 1 aliphatic rings. The summed E-state index contributed by atoms with van der Waals surface area (Å²) >= 11 is 1.57. The number of rotatable bonds is 7. The van der Waals surface area contributed by atoms with Gasteiger partial charge in [-0.25, -0.2) is 0 Å². The highest BCUT2D eigenvalue weighted by atomic mass is 32.2. The van der Waals surface area contributed by atoms with Gasteiger partial charge < -0.3 is 9.84 Å². The van der Waals surface area contributed by atoms with Crippen molar-refractivity contribution in [3.63, 3.8) is 0 Å². The Hall–Kier alpha value is -0.970. The van der Waals surface area contributed by atoms with Gasteiger partial charge in [-0.15, -0.1) is 11.8 Å². The van der Waals surface area contributed by atoms with Gasteiger partial charge in [-0.05, 0) is 12.3 Å². The molecule has 0 spiro atoms. The first kappa shape index (κ1) is 14.4. The first-order valence-corrected chi connectivity index (χ1v) is 8.24. The highest BCUT2D eigenvalue weighted by molar-refractivity contribution is 7.99. The zero-order chi connectivity index (χ0) is 13.3. The first-order chi connectivity index (χ1) is 9.34. The number of hydrogen-bond acceptors (Lipinski definition) is 4. The van der Waals surface area contributed by atoms with Gasteiger partial charge >= 0.3 is 0 Å². The predicted octanol–water partition coefficient (Wildman–Crippen LogP) is 2.99. The zero-order valence-electron chi connectivity index (χ0n) is 11.3. The molecule has 1 aliphatic carbocycles. The van der Waals surface area contributed by atoms with Crippen LogP contribution in [0.2, 0.25) is 0 Å². The van der Waals surface area contributed by atoms with Crippen molar-refractivity contribution in [2.45, 2.75) is 44.3 Å². The summed E-state index contributed by atoms with van der Waals surface area (Å²) in [5, 5.41) is 6.82. The Morgan fingerprint density at radius 1 is 1.42 bits per heavy atom. The van der Waals surface area contributed by atoms with E-state index in [2.05, 4.69) is 10.5 Å². The van der Waals surface area contributed by atoms with Gasteiger partial charge in [0.05, 0.1) is 11.4 Å². The SMILES string of the molecule is O=C(CSCc1ccon1)NCCC1CCCCC1. The van der Waals surface area contributed by atoms with E-state index in [1.54, 1.807) is 18.0 Å². The lowest BCUT2D eigenvalue weighted by Gasteiger charge is -2.21. The van der Waals surface area contributed by atoms with E-state index in [-0.39, 0.29) is 5.91 Å². The molecule has 0 saturated heterocycles. The van der Waals surface area contributed by atoms with Crippen molar-refractivity contribution >= 4 is 17.7 Å². The third-order valence-corrected chi connectivity index (χ3v) is 4.54. The molecule has 1 aromatic rings. The highest BCUT2D eigenvalue weighted by Gasteiger charge is 2.13. The Bertz CT molecular complexity index is 362. The minimum Gasteiger partial charge on any atom is -0.364 e. The van der Waals surface area contributed by atoms with Crippen LogP contribution in [0.25, 0.3) is 0 Å². The van der Waals surface area contributed by atoms with Crippen LogP contribution in [0.5, 0.6) is 0 Å². The van der Waals surface area contributed by atoms with Crippen LogP contribution in [0.4, 0.5) is 0 Å². The van der Waals surface area contributed by atoms with Crippen molar-refractivity contribution in [3.8, 4) is 0 Å². The lowest BCUT2D eigenvalue weighted by molar-refractivity contribution is -0.118. The summed E-state index contributed by atoms with van der Waals surface area (Å²) in [7, 11) is 0. The molecule has 1 aromatic heterocycles. The Balaban J connectivity index is 1.49.